The fraction of sp³-hybridized carbons (Fsp3) is 0.900. The molecule has 0 aromatic carbocycles. The number of hydrogen-bond acceptors (Lipinski definition) is 2. The summed E-state index contributed by atoms with van der Waals surface area (Å²) in [5, 5.41) is 0. The molecule has 1 heterocycles. The monoisotopic (exact) mass is 200 g/mol. The van der Waals surface area contributed by atoms with E-state index in [4.69, 9.17) is 18.0 Å². The molecule has 1 rings (SSSR count). The van der Waals surface area contributed by atoms with Crippen molar-refractivity contribution in [3.8, 4) is 0 Å². The van der Waals surface area contributed by atoms with Crippen LogP contribution in [0.2, 0.25) is 0 Å². The Hall–Kier alpha value is -0.150. The smallest absolute Gasteiger partial charge is 0.0899 e. The normalized spacial score (nSPS) is 32.8. The van der Waals surface area contributed by atoms with Gasteiger partial charge in [0, 0.05) is 6.04 Å². The maximum absolute atomic E-state index is 5.66. The lowest BCUT2D eigenvalue weighted by molar-refractivity contribution is 0.101. The Morgan fingerprint density at radius 2 is 2.15 bits per heavy atom. The van der Waals surface area contributed by atoms with Crippen LogP contribution in [0.5, 0.6) is 0 Å². The van der Waals surface area contributed by atoms with Crippen molar-refractivity contribution < 1.29 is 0 Å². The number of piperidine rings is 1. The first kappa shape index (κ1) is 10.9. The molecule has 3 atom stereocenters. The van der Waals surface area contributed by atoms with E-state index < -0.39 is 0 Å². The molecule has 0 radical (unpaired) electrons. The minimum Gasteiger partial charge on any atom is -0.392 e. The fourth-order valence-electron chi connectivity index (χ4n) is 2.08. The van der Waals surface area contributed by atoms with Crippen molar-refractivity contribution in [2.45, 2.75) is 45.7 Å². The molecule has 76 valence electrons. The highest BCUT2D eigenvalue weighted by molar-refractivity contribution is 7.80. The van der Waals surface area contributed by atoms with Gasteiger partial charge in [0.05, 0.1) is 11.0 Å². The Labute approximate surface area is 86.5 Å². The molecule has 0 amide bonds. The molecule has 1 fully saturated rings. The molecular weight excluding hydrogens is 180 g/mol. The van der Waals surface area contributed by atoms with E-state index in [1.54, 1.807) is 0 Å². The van der Waals surface area contributed by atoms with Crippen molar-refractivity contribution in [3.63, 3.8) is 0 Å². The highest BCUT2D eigenvalue weighted by Crippen LogP contribution is 2.24. The van der Waals surface area contributed by atoms with Crippen LogP contribution in [0.1, 0.15) is 33.6 Å². The maximum Gasteiger partial charge on any atom is 0.0899 e. The van der Waals surface area contributed by atoms with E-state index in [9.17, 15) is 0 Å². The minimum absolute atomic E-state index is 0.257. The van der Waals surface area contributed by atoms with Gasteiger partial charge in [-0.15, -0.1) is 0 Å². The number of nitrogens with two attached hydrogens (primary N) is 1. The zero-order valence-electron chi connectivity index (χ0n) is 8.79. The number of likely N-dealkylation sites (tertiary alicyclic amines) is 1. The molecule has 0 aromatic heterocycles. The van der Waals surface area contributed by atoms with Gasteiger partial charge in [-0.3, -0.25) is 4.90 Å². The van der Waals surface area contributed by atoms with Gasteiger partial charge in [-0.25, -0.2) is 0 Å². The molecule has 0 bridgehead atoms. The highest BCUT2D eigenvalue weighted by Gasteiger charge is 2.28. The standard InChI is InChI=1S/C10H20N2S/c1-7-5-4-6-12(8(7)2)9(3)10(11)13/h7-9H,4-6H2,1-3H3,(H2,11,13). The van der Waals surface area contributed by atoms with E-state index >= 15 is 0 Å². The third kappa shape index (κ3) is 2.41. The van der Waals surface area contributed by atoms with E-state index in [-0.39, 0.29) is 6.04 Å². The molecular formula is C10H20N2S. The van der Waals surface area contributed by atoms with Crippen LogP contribution in [0.25, 0.3) is 0 Å². The second kappa shape index (κ2) is 4.38. The summed E-state index contributed by atoms with van der Waals surface area (Å²) in [6, 6.07) is 0.873. The van der Waals surface area contributed by atoms with E-state index in [2.05, 4.69) is 25.7 Å². The number of nitrogens with zero attached hydrogens (tertiary/aromatic N) is 1. The van der Waals surface area contributed by atoms with Gasteiger partial charge in [-0.1, -0.05) is 19.1 Å². The number of hydrogen-bond donors (Lipinski definition) is 1. The summed E-state index contributed by atoms with van der Waals surface area (Å²) in [5.41, 5.74) is 5.66. The molecule has 0 aliphatic carbocycles. The highest BCUT2D eigenvalue weighted by atomic mass is 32.1. The van der Waals surface area contributed by atoms with Crippen LogP contribution >= 0.6 is 12.2 Å². The minimum atomic E-state index is 0.257. The molecule has 0 saturated carbocycles. The fourth-order valence-corrected chi connectivity index (χ4v) is 2.21. The molecule has 3 unspecified atom stereocenters. The molecule has 13 heavy (non-hydrogen) atoms. The van der Waals surface area contributed by atoms with E-state index in [1.165, 1.54) is 12.8 Å². The molecule has 1 saturated heterocycles. The lowest BCUT2D eigenvalue weighted by Crippen LogP contribution is -2.51. The largest absolute Gasteiger partial charge is 0.392 e. The summed E-state index contributed by atoms with van der Waals surface area (Å²) in [4.78, 5) is 3.05. The summed E-state index contributed by atoms with van der Waals surface area (Å²) in [5.74, 6) is 0.769. The van der Waals surface area contributed by atoms with E-state index in [0.29, 0.717) is 11.0 Å². The van der Waals surface area contributed by atoms with Gasteiger partial charge < -0.3 is 5.73 Å². The van der Waals surface area contributed by atoms with Crippen molar-refractivity contribution in [2.24, 2.45) is 11.7 Å². The van der Waals surface area contributed by atoms with Gasteiger partial charge in [0.2, 0.25) is 0 Å². The second-order valence-electron chi connectivity index (χ2n) is 4.18. The molecule has 0 spiro atoms. The Bertz CT molecular complexity index is 193. The first-order valence-electron chi connectivity index (χ1n) is 5.09. The van der Waals surface area contributed by atoms with Crippen LogP contribution in [-0.4, -0.2) is 28.5 Å². The number of rotatable bonds is 2. The van der Waals surface area contributed by atoms with Gasteiger partial charge in [0.1, 0.15) is 0 Å². The maximum atomic E-state index is 5.66. The quantitative estimate of drug-likeness (QED) is 0.689. The second-order valence-corrected chi connectivity index (χ2v) is 4.65. The molecule has 2 N–H and O–H groups in total. The van der Waals surface area contributed by atoms with Gasteiger partial charge in [-0.2, -0.15) is 0 Å². The Morgan fingerprint density at radius 1 is 1.54 bits per heavy atom. The predicted octanol–water partition coefficient (Wildman–Crippen LogP) is 1.78. The van der Waals surface area contributed by atoms with Crippen LogP contribution in [0.15, 0.2) is 0 Å². The lowest BCUT2D eigenvalue weighted by Gasteiger charge is -2.41. The first-order valence-corrected chi connectivity index (χ1v) is 5.50. The topological polar surface area (TPSA) is 29.3 Å². The van der Waals surface area contributed by atoms with Crippen molar-refractivity contribution in [1.82, 2.24) is 4.90 Å². The van der Waals surface area contributed by atoms with Crippen LogP contribution in [0, 0.1) is 5.92 Å². The average Bonchev–Trinajstić information content (AvgIpc) is 2.08. The van der Waals surface area contributed by atoms with Crippen molar-refractivity contribution in [2.75, 3.05) is 6.54 Å². The van der Waals surface area contributed by atoms with Crippen LogP contribution in [0.4, 0.5) is 0 Å². The van der Waals surface area contributed by atoms with Gasteiger partial charge >= 0.3 is 0 Å². The summed E-state index contributed by atoms with van der Waals surface area (Å²) in [6.45, 7) is 7.84. The zero-order chi connectivity index (χ0) is 10.0. The lowest BCUT2D eigenvalue weighted by atomic mass is 9.91. The molecule has 1 aliphatic heterocycles. The van der Waals surface area contributed by atoms with Gasteiger partial charge in [-0.05, 0) is 39.2 Å². The van der Waals surface area contributed by atoms with Crippen LogP contribution in [0.3, 0.4) is 0 Å². The van der Waals surface area contributed by atoms with Crippen molar-refractivity contribution in [1.29, 1.82) is 0 Å². The summed E-state index contributed by atoms with van der Waals surface area (Å²) in [6.07, 6.45) is 2.61. The third-order valence-corrected chi connectivity index (χ3v) is 3.67. The Morgan fingerprint density at radius 3 is 2.69 bits per heavy atom. The first-order chi connectivity index (χ1) is 6.04. The Kier molecular flexibility index (Phi) is 3.68. The zero-order valence-corrected chi connectivity index (χ0v) is 9.60. The SMILES string of the molecule is CC1CCCN(C(C)C(N)=S)C1C. The third-order valence-electron chi connectivity index (χ3n) is 3.33. The average molecular weight is 200 g/mol. The van der Waals surface area contributed by atoms with Gasteiger partial charge in [0.15, 0.2) is 0 Å². The molecule has 0 aromatic rings. The molecule has 1 aliphatic rings. The van der Waals surface area contributed by atoms with Gasteiger partial charge in [0.25, 0.3) is 0 Å². The summed E-state index contributed by atoms with van der Waals surface area (Å²) >= 11 is 5.03. The van der Waals surface area contributed by atoms with E-state index in [0.717, 1.165) is 12.5 Å². The molecule has 3 heteroatoms. The Balaban J connectivity index is 2.62. The van der Waals surface area contributed by atoms with Crippen LogP contribution < -0.4 is 5.73 Å². The molecule has 2 nitrogen and oxygen atoms in total. The predicted molar refractivity (Wildman–Crippen MR) is 60.8 cm³/mol. The summed E-state index contributed by atoms with van der Waals surface area (Å²) in [7, 11) is 0. The van der Waals surface area contributed by atoms with Crippen molar-refractivity contribution in [3.05, 3.63) is 0 Å². The number of thiocarbonyl (C=S) groups is 1. The summed E-state index contributed by atoms with van der Waals surface area (Å²) < 4.78 is 0. The van der Waals surface area contributed by atoms with Crippen molar-refractivity contribution >= 4 is 17.2 Å². The van der Waals surface area contributed by atoms with E-state index in [1.807, 2.05) is 0 Å². The van der Waals surface area contributed by atoms with Crippen LogP contribution in [-0.2, 0) is 0 Å².